The van der Waals surface area contributed by atoms with Gasteiger partial charge in [-0.05, 0) is 75.0 Å². The molecule has 1 unspecified atom stereocenters. The number of hydrogen-bond donors (Lipinski definition) is 3. The summed E-state index contributed by atoms with van der Waals surface area (Å²) in [4.78, 5) is 0. The Morgan fingerprint density at radius 2 is 1.74 bits per heavy atom. The molecule has 1 rings (SSSR count). The molecule has 0 heterocycles. The first-order valence-corrected chi connectivity index (χ1v) is 7.36. The minimum atomic E-state index is 0.704. The van der Waals surface area contributed by atoms with Crippen LogP contribution in [0.15, 0.2) is 18.2 Å². The van der Waals surface area contributed by atoms with Crippen LogP contribution >= 0.6 is 0 Å². The van der Waals surface area contributed by atoms with Gasteiger partial charge in [0.15, 0.2) is 0 Å². The van der Waals surface area contributed by atoms with Crippen molar-refractivity contribution in [1.29, 1.82) is 0 Å². The molecule has 0 aromatic heterocycles. The minimum absolute atomic E-state index is 0.704. The number of benzene rings is 1. The Kier molecular flexibility index (Phi) is 7.72. The Labute approximate surface area is 117 Å². The maximum Gasteiger partial charge on any atom is -0.00260 e. The molecule has 0 aliphatic heterocycles. The molecule has 1 aromatic carbocycles. The average Bonchev–Trinajstić information content (AvgIpc) is 2.40. The van der Waals surface area contributed by atoms with Gasteiger partial charge in [-0.25, -0.2) is 0 Å². The molecule has 0 aliphatic carbocycles. The van der Waals surface area contributed by atoms with Crippen LogP contribution in [0, 0.1) is 5.92 Å². The highest BCUT2D eigenvalue weighted by molar-refractivity contribution is 5.33. The summed E-state index contributed by atoms with van der Waals surface area (Å²) in [6.45, 7) is 4.79. The molecule has 0 saturated carbocycles. The summed E-state index contributed by atoms with van der Waals surface area (Å²) in [5, 5.41) is 3.23. The Balaban J connectivity index is 2.66. The number of nitrogens with one attached hydrogen (secondary N) is 1. The first-order valence-electron chi connectivity index (χ1n) is 7.36. The van der Waals surface area contributed by atoms with Crippen molar-refractivity contribution in [3.63, 3.8) is 0 Å². The van der Waals surface area contributed by atoms with Gasteiger partial charge in [-0.1, -0.05) is 25.1 Å². The van der Waals surface area contributed by atoms with Crippen LogP contribution in [0.4, 0.5) is 0 Å². The van der Waals surface area contributed by atoms with Gasteiger partial charge in [0.25, 0.3) is 0 Å². The Bertz CT molecular complexity index is 363. The van der Waals surface area contributed by atoms with Crippen molar-refractivity contribution in [1.82, 2.24) is 5.32 Å². The average molecular weight is 263 g/mol. The number of aryl methyl sites for hydroxylation is 1. The van der Waals surface area contributed by atoms with Crippen molar-refractivity contribution >= 4 is 0 Å². The van der Waals surface area contributed by atoms with E-state index in [-0.39, 0.29) is 0 Å². The fourth-order valence-electron chi connectivity index (χ4n) is 2.49. The Hall–Kier alpha value is -0.900. The van der Waals surface area contributed by atoms with E-state index in [1.807, 2.05) is 7.05 Å². The zero-order valence-corrected chi connectivity index (χ0v) is 12.4. The molecular weight excluding hydrogens is 234 g/mol. The Morgan fingerprint density at radius 1 is 1.05 bits per heavy atom. The summed E-state index contributed by atoms with van der Waals surface area (Å²) in [7, 11) is 2.01. The van der Waals surface area contributed by atoms with Gasteiger partial charge in [0, 0.05) is 0 Å². The van der Waals surface area contributed by atoms with Crippen molar-refractivity contribution < 1.29 is 0 Å². The monoisotopic (exact) mass is 263 g/mol. The highest BCUT2D eigenvalue weighted by Crippen LogP contribution is 2.16. The molecule has 5 N–H and O–H groups in total. The number of hydrogen-bond acceptors (Lipinski definition) is 3. The lowest BCUT2D eigenvalue weighted by molar-refractivity contribution is 0.504. The third-order valence-corrected chi connectivity index (χ3v) is 3.58. The molecule has 0 fully saturated rings. The molecule has 19 heavy (non-hydrogen) atoms. The van der Waals surface area contributed by atoms with E-state index in [1.165, 1.54) is 23.1 Å². The zero-order chi connectivity index (χ0) is 14.1. The van der Waals surface area contributed by atoms with Gasteiger partial charge >= 0.3 is 0 Å². The normalized spacial score (nSPS) is 12.6. The van der Waals surface area contributed by atoms with Gasteiger partial charge in [-0.2, -0.15) is 0 Å². The standard InChI is InChI=1S/C16H29N3/c1-13(12-19-2)3-4-14-5-6-15(7-9-17)16(11-14)8-10-18/h5-6,11,13,19H,3-4,7-10,12,17-18H2,1-2H3. The SMILES string of the molecule is CNCC(C)CCc1ccc(CCN)c(CCN)c1. The molecule has 3 heteroatoms. The van der Waals surface area contributed by atoms with E-state index in [9.17, 15) is 0 Å². The molecular formula is C16H29N3. The molecule has 0 amide bonds. The van der Waals surface area contributed by atoms with Gasteiger partial charge in [0.2, 0.25) is 0 Å². The third-order valence-electron chi connectivity index (χ3n) is 3.58. The van der Waals surface area contributed by atoms with Crippen LogP contribution in [0.3, 0.4) is 0 Å². The maximum absolute atomic E-state index is 5.70. The minimum Gasteiger partial charge on any atom is -0.330 e. The summed E-state index contributed by atoms with van der Waals surface area (Å²) in [6.07, 6.45) is 4.27. The number of rotatable bonds is 9. The van der Waals surface area contributed by atoms with Crippen LogP contribution in [0.25, 0.3) is 0 Å². The van der Waals surface area contributed by atoms with Crippen molar-refractivity contribution in [3.8, 4) is 0 Å². The lowest BCUT2D eigenvalue weighted by atomic mass is 9.95. The van der Waals surface area contributed by atoms with E-state index in [0.717, 1.165) is 25.8 Å². The molecule has 1 aromatic rings. The van der Waals surface area contributed by atoms with E-state index >= 15 is 0 Å². The molecule has 0 bridgehead atoms. The molecule has 3 nitrogen and oxygen atoms in total. The maximum atomic E-state index is 5.70. The van der Waals surface area contributed by atoms with Gasteiger partial charge < -0.3 is 16.8 Å². The highest BCUT2D eigenvalue weighted by Gasteiger charge is 2.05. The van der Waals surface area contributed by atoms with Crippen LogP contribution in [0.5, 0.6) is 0 Å². The van der Waals surface area contributed by atoms with Crippen LogP contribution in [0.1, 0.15) is 30.0 Å². The largest absolute Gasteiger partial charge is 0.330 e. The molecule has 0 saturated heterocycles. The van der Waals surface area contributed by atoms with E-state index in [4.69, 9.17) is 11.5 Å². The quantitative estimate of drug-likeness (QED) is 0.632. The van der Waals surface area contributed by atoms with Crippen LogP contribution < -0.4 is 16.8 Å². The summed E-state index contributed by atoms with van der Waals surface area (Å²) in [6, 6.07) is 6.80. The van der Waals surface area contributed by atoms with Gasteiger partial charge in [-0.15, -0.1) is 0 Å². The smallest absolute Gasteiger partial charge is 0.00260 e. The molecule has 0 radical (unpaired) electrons. The fourth-order valence-corrected chi connectivity index (χ4v) is 2.49. The topological polar surface area (TPSA) is 64.1 Å². The van der Waals surface area contributed by atoms with Gasteiger partial charge in [0.1, 0.15) is 0 Å². The fraction of sp³-hybridized carbons (Fsp3) is 0.625. The molecule has 0 spiro atoms. The lowest BCUT2D eigenvalue weighted by Crippen LogP contribution is -2.16. The second kappa shape index (κ2) is 9.08. The molecule has 0 aliphatic rings. The Morgan fingerprint density at radius 3 is 2.37 bits per heavy atom. The van der Waals surface area contributed by atoms with Crippen molar-refractivity contribution in [3.05, 3.63) is 34.9 Å². The highest BCUT2D eigenvalue weighted by atomic mass is 14.8. The number of nitrogens with two attached hydrogens (primary N) is 2. The summed E-state index contributed by atoms with van der Waals surface area (Å²) in [5.41, 5.74) is 15.5. The first kappa shape index (κ1) is 16.2. The molecule has 1 atom stereocenters. The third kappa shape index (κ3) is 5.72. The van der Waals surface area contributed by atoms with Crippen molar-refractivity contribution in [2.75, 3.05) is 26.7 Å². The molecule has 108 valence electrons. The summed E-state index contributed by atoms with van der Waals surface area (Å²) in [5.74, 6) is 0.715. The zero-order valence-electron chi connectivity index (χ0n) is 12.4. The first-order chi connectivity index (χ1) is 9.21. The van der Waals surface area contributed by atoms with E-state index < -0.39 is 0 Å². The predicted octanol–water partition coefficient (Wildman–Crippen LogP) is 1.48. The lowest BCUT2D eigenvalue weighted by Gasteiger charge is -2.13. The summed E-state index contributed by atoms with van der Waals surface area (Å²) < 4.78 is 0. The van der Waals surface area contributed by atoms with Gasteiger partial charge in [-0.3, -0.25) is 0 Å². The van der Waals surface area contributed by atoms with Gasteiger partial charge in [0.05, 0.1) is 0 Å². The van der Waals surface area contributed by atoms with Crippen molar-refractivity contribution in [2.24, 2.45) is 17.4 Å². The van der Waals surface area contributed by atoms with Crippen LogP contribution in [-0.2, 0) is 19.3 Å². The second-order valence-electron chi connectivity index (χ2n) is 5.38. The van der Waals surface area contributed by atoms with Crippen molar-refractivity contribution in [2.45, 2.75) is 32.6 Å². The summed E-state index contributed by atoms with van der Waals surface area (Å²) >= 11 is 0. The van der Waals surface area contributed by atoms with Crippen LogP contribution in [0.2, 0.25) is 0 Å². The van der Waals surface area contributed by atoms with Crippen LogP contribution in [-0.4, -0.2) is 26.7 Å². The second-order valence-corrected chi connectivity index (χ2v) is 5.38. The van der Waals surface area contributed by atoms with E-state index in [0.29, 0.717) is 19.0 Å². The van der Waals surface area contributed by atoms with E-state index in [1.54, 1.807) is 0 Å². The predicted molar refractivity (Wildman–Crippen MR) is 83.4 cm³/mol. The van der Waals surface area contributed by atoms with E-state index in [2.05, 4.69) is 30.4 Å².